The molecule has 0 saturated carbocycles. The molecule has 0 saturated heterocycles. The Morgan fingerprint density at radius 1 is 1.18 bits per heavy atom. The minimum absolute atomic E-state index is 0.0347. The second-order valence-electron chi connectivity index (χ2n) is 8.77. The Hall–Kier alpha value is -3.27. The molecule has 0 aliphatic rings. The minimum atomic E-state index is -4.14. The number of aryl methyl sites for hydroxylation is 2. The van der Waals surface area contributed by atoms with Gasteiger partial charge in [0.2, 0.25) is 9.84 Å². The fourth-order valence-electron chi connectivity index (χ4n) is 3.25. The largest absolute Gasteiger partial charge is 0.439 e. The molecule has 0 aliphatic carbocycles. The summed E-state index contributed by atoms with van der Waals surface area (Å²) in [6.45, 7) is 8.79. The van der Waals surface area contributed by atoms with E-state index < -0.39 is 33.3 Å². The third-order valence-corrected chi connectivity index (χ3v) is 6.75. The highest BCUT2D eigenvalue weighted by Gasteiger charge is 2.36. The van der Waals surface area contributed by atoms with E-state index >= 15 is 4.39 Å². The molecule has 3 aromatic rings. The SMILES string of the molecule is CNC(=O)OC(c1cc(S(=O)(=O)c2ccc(C)nc2)n(-c2cccc(C)c2F)n1)C(C)(C)C. The Labute approximate surface area is 192 Å². The molecule has 0 bridgehead atoms. The third kappa shape index (κ3) is 4.90. The van der Waals surface area contributed by atoms with E-state index in [1.807, 2.05) is 20.8 Å². The average molecular weight is 475 g/mol. The molecule has 33 heavy (non-hydrogen) atoms. The number of benzene rings is 1. The van der Waals surface area contributed by atoms with E-state index in [-0.39, 0.29) is 21.3 Å². The lowest BCUT2D eigenvalue weighted by molar-refractivity contribution is 0.0284. The molecule has 0 radical (unpaired) electrons. The quantitative estimate of drug-likeness (QED) is 0.591. The summed E-state index contributed by atoms with van der Waals surface area (Å²) in [5, 5.41) is 6.54. The number of nitrogens with zero attached hydrogens (tertiary/aromatic N) is 3. The summed E-state index contributed by atoms with van der Waals surface area (Å²) in [4.78, 5) is 16.0. The number of sulfone groups is 1. The summed E-state index contributed by atoms with van der Waals surface area (Å²) in [5.41, 5.74) is 0.486. The van der Waals surface area contributed by atoms with Crippen LogP contribution in [0.5, 0.6) is 0 Å². The molecule has 8 nitrogen and oxygen atoms in total. The van der Waals surface area contributed by atoms with Crippen molar-refractivity contribution in [2.45, 2.75) is 50.6 Å². The van der Waals surface area contributed by atoms with Crippen LogP contribution in [0.25, 0.3) is 5.69 Å². The Bertz CT molecular complexity index is 1280. The standard InChI is InChI=1S/C23H27FN4O4S/c1-14-8-7-9-18(20(14)24)28-19(33(30,31)16-11-10-15(2)26-13-16)12-17(27-28)21(23(3,4)5)32-22(29)25-6/h7-13,21H,1-6H3,(H,25,29). The summed E-state index contributed by atoms with van der Waals surface area (Å²) < 4.78 is 48.7. The highest BCUT2D eigenvalue weighted by Crippen LogP contribution is 2.38. The highest BCUT2D eigenvalue weighted by atomic mass is 32.2. The number of pyridine rings is 1. The van der Waals surface area contributed by atoms with Gasteiger partial charge in [-0.25, -0.2) is 22.3 Å². The topological polar surface area (TPSA) is 103 Å². The van der Waals surface area contributed by atoms with Gasteiger partial charge in [0.1, 0.15) is 11.4 Å². The number of alkyl carbamates (subject to hydrolysis) is 1. The van der Waals surface area contributed by atoms with Crippen molar-refractivity contribution < 1.29 is 22.3 Å². The number of halogens is 1. The van der Waals surface area contributed by atoms with E-state index in [4.69, 9.17) is 4.74 Å². The van der Waals surface area contributed by atoms with E-state index in [1.54, 1.807) is 32.0 Å². The van der Waals surface area contributed by atoms with Crippen LogP contribution in [-0.2, 0) is 14.6 Å². The van der Waals surface area contributed by atoms with Crippen molar-refractivity contribution in [2.24, 2.45) is 5.41 Å². The van der Waals surface area contributed by atoms with E-state index in [9.17, 15) is 13.2 Å². The Morgan fingerprint density at radius 3 is 2.45 bits per heavy atom. The van der Waals surface area contributed by atoms with Gasteiger partial charge < -0.3 is 10.1 Å². The molecule has 1 N–H and O–H groups in total. The second-order valence-corrected chi connectivity index (χ2v) is 10.7. The lowest BCUT2D eigenvalue weighted by Gasteiger charge is -2.28. The van der Waals surface area contributed by atoms with Crippen molar-refractivity contribution in [1.29, 1.82) is 0 Å². The number of hydrogen-bond donors (Lipinski definition) is 1. The summed E-state index contributed by atoms with van der Waals surface area (Å²) in [7, 11) is -2.72. The van der Waals surface area contributed by atoms with Crippen molar-refractivity contribution in [2.75, 3.05) is 7.05 Å². The van der Waals surface area contributed by atoms with Gasteiger partial charge in [0.15, 0.2) is 16.9 Å². The van der Waals surface area contributed by atoms with Gasteiger partial charge in [-0.3, -0.25) is 4.98 Å². The number of carbonyl (C=O) groups is 1. The molecule has 2 heterocycles. The Balaban J connectivity index is 2.29. The van der Waals surface area contributed by atoms with Gasteiger partial charge >= 0.3 is 6.09 Å². The average Bonchev–Trinajstić information content (AvgIpc) is 3.18. The van der Waals surface area contributed by atoms with E-state index in [2.05, 4.69) is 15.4 Å². The van der Waals surface area contributed by atoms with E-state index in [0.29, 0.717) is 11.3 Å². The van der Waals surface area contributed by atoms with Crippen molar-refractivity contribution >= 4 is 15.9 Å². The summed E-state index contributed by atoms with van der Waals surface area (Å²) >= 11 is 0. The van der Waals surface area contributed by atoms with Gasteiger partial charge in [0.25, 0.3) is 0 Å². The summed E-state index contributed by atoms with van der Waals surface area (Å²) in [5.74, 6) is -0.606. The number of carbonyl (C=O) groups excluding carboxylic acids is 1. The van der Waals surface area contributed by atoms with Crippen LogP contribution in [0, 0.1) is 25.1 Å². The van der Waals surface area contributed by atoms with Gasteiger partial charge in [0, 0.05) is 30.4 Å². The fraction of sp³-hybridized carbons (Fsp3) is 0.348. The molecule has 0 spiro atoms. The highest BCUT2D eigenvalue weighted by molar-refractivity contribution is 7.91. The number of aromatic nitrogens is 3. The van der Waals surface area contributed by atoms with Crippen molar-refractivity contribution in [3.63, 3.8) is 0 Å². The van der Waals surface area contributed by atoms with Crippen LogP contribution in [0.15, 0.2) is 52.5 Å². The molecule has 3 rings (SSSR count). The molecule has 1 unspecified atom stereocenters. The molecule has 0 aliphatic heterocycles. The zero-order valence-corrected chi connectivity index (χ0v) is 20.2. The number of rotatable bonds is 5. The molecule has 2 aromatic heterocycles. The van der Waals surface area contributed by atoms with Crippen molar-refractivity contribution in [1.82, 2.24) is 20.1 Å². The maximum Gasteiger partial charge on any atom is 0.407 e. The van der Waals surface area contributed by atoms with Gasteiger partial charge in [-0.2, -0.15) is 5.10 Å². The van der Waals surface area contributed by atoms with Crippen LogP contribution in [0.2, 0.25) is 0 Å². The van der Waals surface area contributed by atoms with Crippen molar-refractivity contribution in [3.05, 3.63) is 65.4 Å². The third-order valence-electron chi connectivity index (χ3n) is 5.05. The van der Waals surface area contributed by atoms with Crippen LogP contribution in [0.4, 0.5) is 9.18 Å². The molecular weight excluding hydrogens is 447 g/mol. The first-order valence-electron chi connectivity index (χ1n) is 10.3. The predicted molar refractivity (Wildman–Crippen MR) is 120 cm³/mol. The molecule has 1 amide bonds. The molecule has 1 atom stereocenters. The first-order chi connectivity index (χ1) is 15.4. The van der Waals surface area contributed by atoms with Gasteiger partial charge in [0.05, 0.1) is 4.90 Å². The lowest BCUT2D eigenvalue weighted by Crippen LogP contribution is -2.29. The normalized spacial score (nSPS) is 12.9. The predicted octanol–water partition coefficient (Wildman–Crippen LogP) is 4.30. The second kappa shape index (κ2) is 8.93. The smallest absolute Gasteiger partial charge is 0.407 e. The van der Waals surface area contributed by atoms with Crippen LogP contribution in [0.3, 0.4) is 0 Å². The molecule has 10 heteroatoms. The van der Waals surface area contributed by atoms with Crippen LogP contribution < -0.4 is 5.32 Å². The maximum atomic E-state index is 15.1. The number of ether oxygens (including phenoxy) is 1. The van der Waals surface area contributed by atoms with Crippen LogP contribution >= 0.6 is 0 Å². The first kappa shape index (κ1) is 24.4. The van der Waals surface area contributed by atoms with E-state index in [0.717, 1.165) is 4.68 Å². The fourth-order valence-corrected chi connectivity index (χ4v) is 4.57. The van der Waals surface area contributed by atoms with Crippen LogP contribution in [0.1, 0.15) is 43.8 Å². The van der Waals surface area contributed by atoms with E-state index in [1.165, 1.54) is 31.4 Å². The summed E-state index contributed by atoms with van der Waals surface area (Å²) in [6, 6.07) is 8.96. The lowest BCUT2D eigenvalue weighted by atomic mass is 9.87. The number of amides is 1. The van der Waals surface area contributed by atoms with Crippen LogP contribution in [-0.4, -0.2) is 36.3 Å². The van der Waals surface area contributed by atoms with Crippen molar-refractivity contribution in [3.8, 4) is 5.69 Å². The Kier molecular flexibility index (Phi) is 6.60. The maximum absolute atomic E-state index is 15.1. The Morgan fingerprint density at radius 2 is 1.88 bits per heavy atom. The molecule has 1 aromatic carbocycles. The molecule has 0 fully saturated rings. The monoisotopic (exact) mass is 474 g/mol. The molecular formula is C23H27FN4O4S. The zero-order chi connectivity index (χ0) is 24.6. The summed E-state index contributed by atoms with van der Waals surface area (Å²) in [6.07, 6.45) is -0.355. The zero-order valence-electron chi connectivity index (χ0n) is 19.4. The van der Waals surface area contributed by atoms with Gasteiger partial charge in [-0.15, -0.1) is 0 Å². The number of nitrogens with one attached hydrogen (secondary N) is 1. The number of hydrogen-bond acceptors (Lipinski definition) is 6. The molecule has 176 valence electrons. The van der Waals surface area contributed by atoms with Gasteiger partial charge in [-0.1, -0.05) is 32.9 Å². The van der Waals surface area contributed by atoms with Gasteiger partial charge in [-0.05, 0) is 37.6 Å². The minimum Gasteiger partial charge on any atom is -0.439 e. The first-order valence-corrected chi connectivity index (χ1v) is 11.8.